The first kappa shape index (κ1) is 27.5. The molecule has 0 saturated carbocycles. The molecule has 0 fully saturated rings. The van der Waals surface area contributed by atoms with E-state index in [1.807, 2.05) is 48.0 Å². The molecule has 1 aliphatic heterocycles. The Morgan fingerprint density at radius 1 is 1.20 bits per heavy atom. The quantitative estimate of drug-likeness (QED) is 0.158. The van der Waals surface area contributed by atoms with Crippen LogP contribution in [0.15, 0.2) is 53.8 Å². The van der Waals surface area contributed by atoms with Crippen LogP contribution in [0, 0.1) is 0 Å². The molecule has 13 heteroatoms. The van der Waals surface area contributed by atoms with Gasteiger partial charge in [0.15, 0.2) is 11.5 Å². The molecule has 5 rings (SSSR count). The van der Waals surface area contributed by atoms with E-state index >= 15 is 0 Å². The highest BCUT2D eigenvalue weighted by molar-refractivity contribution is 5.96. The summed E-state index contributed by atoms with van der Waals surface area (Å²) in [5.41, 5.74) is 7.42. The summed E-state index contributed by atoms with van der Waals surface area (Å²) in [6.07, 6.45) is 4.60. The molecule has 2 aromatic heterocycles. The lowest BCUT2D eigenvalue weighted by Crippen LogP contribution is -2.25. The molecule has 1 aliphatic rings. The molecule has 0 saturated heterocycles. The number of hydrogen-bond acceptors (Lipinski definition) is 11. The Balaban J connectivity index is 1.31. The van der Waals surface area contributed by atoms with Gasteiger partial charge in [0, 0.05) is 50.9 Å². The summed E-state index contributed by atoms with van der Waals surface area (Å²) in [5.74, 6) is 1.98. The maximum atomic E-state index is 12.8. The number of nitrogens with zero attached hydrogens (tertiary/aromatic N) is 6. The standard InChI is InChI=1S/C28H30N8O5/c1-35(41-20-6-4-18(5-7-20)10-14-37)12-3-15-40-22-9-8-21-23(24(22)39-2)33-28(36-13-11-30-25(21)36)34-26(38)19-16-31-27(29)32-17-19/h4-9,14,16-17,30H,3,10-13,15H2,1-2H3,(H2,29,31,32). The molecule has 0 atom stereocenters. The minimum absolute atomic E-state index is 0.0722. The van der Waals surface area contributed by atoms with Crippen molar-refractivity contribution < 1.29 is 23.9 Å². The predicted molar refractivity (Wildman–Crippen MR) is 151 cm³/mol. The number of anilines is 2. The van der Waals surface area contributed by atoms with Gasteiger partial charge in [-0.25, -0.2) is 15.0 Å². The zero-order valence-electron chi connectivity index (χ0n) is 22.7. The van der Waals surface area contributed by atoms with Gasteiger partial charge in [0.25, 0.3) is 5.91 Å². The van der Waals surface area contributed by atoms with E-state index in [2.05, 4.69) is 20.3 Å². The van der Waals surface area contributed by atoms with Crippen LogP contribution in [0.1, 0.15) is 22.3 Å². The first-order valence-corrected chi connectivity index (χ1v) is 13.0. The van der Waals surface area contributed by atoms with Crippen molar-refractivity contribution in [1.82, 2.24) is 24.6 Å². The van der Waals surface area contributed by atoms with E-state index in [1.54, 1.807) is 12.2 Å². The number of nitrogens with one attached hydrogen (secondary N) is 1. The van der Waals surface area contributed by atoms with E-state index in [0.717, 1.165) is 23.1 Å². The summed E-state index contributed by atoms with van der Waals surface area (Å²) in [6.45, 7) is 2.28. The number of hydrogen-bond donors (Lipinski definition) is 2. The van der Waals surface area contributed by atoms with Crippen LogP contribution >= 0.6 is 0 Å². The molecule has 0 bridgehead atoms. The van der Waals surface area contributed by atoms with Crippen molar-refractivity contribution in [2.75, 3.05) is 44.9 Å². The van der Waals surface area contributed by atoms with Gasteiger partial charge in [0.1, 0.15) is 23.4 Å². The smallest absolute Gasteiger partial charge is 0.283 e. The lowest BCUT2D eigenvalue weighted by Gasteiger charge is -2.18. The number of ether oxygens (including phenoxy) is 2. The van der Waals surface area contributed by atoms with Crippen LogP contribution in [0.3, 0.4) is 0 Å². The second-order valence-electron chi connectivity index (χ2n) is 9.24. The average Bonchev–Trinajstić information content (AvgIpc) is 3.47. The van der Waals surface area contributed by atoms with Crippen molar-refractivity contribution in [3.8, 4) is 17.2 Å². The number of nitrogens with two attached hydrogens (primary N) is 1. The Bertz CT molecular complexity index is 1620. The van der Waals surface area contributed by atoms with Gasteiger partial charge in [-0.05, 0) is 36.2 Å². The molecule has 0 radical (unpaired) electrons. The maximum Gasteiger partial charge on any atom is 0.283 e. The minimum Gasteiger partial charge on any atom is -0.491 e. The molecule has 0 aliphatic carbocycles. The van der Waals surface area contributed by atoms with E-state index in [4.69, 9.17) is 25.0 Å². The van der Waals surface area contributed by atoms with Crippen molar-refractivity contribution >= 4 is 34.9 Å². The summed E-state index contributed by atoms with van der Waals surface area (Å²) >= 11 is 0. The molecule has 1 amide bonds. The summed E-state index contributed by atoms with van der Waals surface area (Å²) in [6, 6.07) is 11.2. The number of aromatic nitrogens is 4. The van der Waals surface area contributed by atoms with Gasteiger partial charge in [-0.15, -0.1) is 5.06 Å². The summed E-state index contributed by atoms with van der Waals surface area (Å²) in [4.78, 5) is 46.0. The van der Waals surface area contributed by atoms with Crippen molar-refractivity contribution in [2.24, 2.45) is 4.99 Å². The Morgan fingerprint density at radius 3 is 2.71 bits per heavy atom. The van der Waals surface area contributed by atoms with Gasteiger partial charge in [-0.1, -0.05) is 12.1 Å². The fraction of sp³-hybridized carbons (Fsp3) is 0.286. The van der Waals surface area contributed by atoms with Gasteiger partial charge in [0.05, 0.1) is 19.3 Å². The van der Waals surface area contributed by atoms with Crippen LogP contribution < -0.4 is 31.0 Å². The fourth-order valence-electron chi connectivity index (χ4n) is 4.43. The molecule has 212 valence electrons. The van der Waals surface area contributed by atoms with Crippen LogP contribution in [0.4, 0.5) is 11.8 Å². The van der Waals surface area contributed by atoms with Gasteiger partial charge in [0.2, 0.25) is 11.6 Å². The number of carbonyl (C=O) groups is 2. The van der Waals surface area contributed by atoms with Crippen LogP contribution in [-0.4, -0.2) is 70.6 Å². The Morgan fingerprint density at radius 2 is 1.98 bits per heavy atom. The maximum absolute atomic E-state index is 12.8. The highest BCUT2D eigenvalue weighted by Gasteiger charge is 2.21. The van der Waals surface area contributed by atoms with Crippen molar-refractivity contribution in [1.29, 1.82) is 0 Å². The number of rotatable bonds is 11. The second-order valence-corrected chi connectivity index (χ2v) is 9.24. The van der Waals surface area contributed by atoms with Crippen LogP contribution in [0.5, 0.6) is 17.2 Å². The van der Waals surface area contributed by atoms with Gasteiger partial charge >= 0.3 is 0 Å². The zero-order chi connectivity index (χ0) is 28.8. The third-order valence-corrected chi connectivity index (χ3v) is 6.40. The normalized spacial score (nSPS) is 12.7. The zero-order valence-corrected chi connectivity index (χ0v) is 22.7. The number of aldehydes is 1. The first-order chi connectivity index (χ1) is 20.0. The van der Waals surface area contributed by atoms with Gasteiger partial charge in [-0.3, -0.25) is 9.36 Å². The SMILES string of the molecule is COc1c(OCCCN(C)Oc2ccc(CC=O)cc2)ccc2c3n(c(=NC(=O)c4cnc(N)nc4)nc12)CCN3. The van der Waals surface area contributed by atoms with Crippen molar-refractivity contribution in [3.05, 3.63) is 65.5 Å². The largest absolute Gasteiger partial charge is 0.491 e. The number of carbonyl (C=O) groups excluding carboxylic acids is 2. The molecular formula is C28H30N8O5. The fourth-order valence-corrected chi connectivity index (χ4v) is 4.43. The molecular weight excluding hydrogens is 528 g/mol. The first-order valence-electron chi connectivity index (χ1n) is 13.0. The molecule has 41 heavy (non-hydrogen) atoms. The molecule has 0 spiro atoms. The van der Waals surface area contributed by atoms with E-state index in [0.29, 0.717) is 61.8 Å². The summed E-state index contributed by atoms with van der Waals surface area (Å²) in [5, 5.41) is 5.89. The Hall–Kier alpha value is -5.04. The van der Waals surface area contributed by atoms with Crippen LogP contribution in [0.2, 0.25) is 0 Å². The Kier molecular flexibility index (Phi) is 8.34. The third kappa shape index (κ3) is 6.25. The van der Waals surface area contributed by atoms with E-state index in [-0.39, 0.29) is 17.1 Å². The lowest BCUT2D eigenvalue weighted by atomic mass is 10.2. The monoisotopic (exact) mass is 558 g/mol. The molecule has 4 aromatic rings. The Labute approximate surface area is 235 Å². The number of amides is 1. The molecule has 3 N–H and O–H groups in total. The number of fused-ring (bicyclic) bond motifs is 3. The number of methoxy groups -OCH3 is 1. The molecule has 13 nitrogen and oxygen atoms in total. The van der Waals surface area contributed by atoms with Crippen molar-refractivity contribution in [2.45, 2.75) is 19.4 Å². The molecule has 2 aromatic carbocycles. The van der Waals surface area contributed by atoms with Crippen molar-refractivity contribution in [3.63, 3.8) is 0 Å². The summed E-state index contributed by atoms with van der Waals surface area (Å²) in [7, 11) is 3.39. The second kappa shape index (κ2) is 12.4. The van der Waals surface area contributed by atoms with E-state index in [1.165, 1.54) is 12.4 Å². The highest BCUT2D eigenvalue weighted by atomic mass is 16.7. The molecule has 0 unspecified atom stereocenters. The minimum atomic E-state index is -0.534. The lowest BCUT2D eigenvalue weighted by molar-refractivity contribution is -0.107. The average molecular weight is 559 g/mol. The van der Waals surface area contributed by atoms with E-state index in [9.17, 15) is 9.59 Å². The van der Waals surface area contributed by atoms with Gasteiger partial charge < -0.3 is 30.2 Å². The highest BCUT2D eigenvalue weighted by Crippen LogP contribution is 2.37. The molecule has 3 heterocycles. The number of hydroxylamine groups is 2. The topological polar surface area (TPSA) is 159 Å². The number of nitrogen functional groups attached to an aromatic ring is 1. The van der Waals surface area contributed by atoms with Crippen LogP contribution in [0.25, 0.3) is 10.9 Å². The van der Waals surface area contributed by atoms with E-state index < -0.39 is 5.91 Å². The predicted octanol–water partition coefficient (Wildman–Crippen LogP) is 2.02. The number of benzene rings is 2. The third-order valence-electron chi connectivity index (χ3n) is 6.40. The van der Waals surface area contributed by atoms with Gasteiger partial charge in [-0.2, -0.15) is 4.99 Å². The van der Waals surface area contributed by atoms with Crippen LogP contribution in [-0.2, 0) is 17.8 Å². The summed E-state index contributed by atoms with van der Waals surface area (Å²) < 4.78 is 13.6.